The molecule has 1 N–H and O–H groups in total. The van der Waals surface area contributed by atoms with Crippen molar-refractivity contribution in [2.45, 2.75) is 6.92 Å². The van der Waals surface area contributed by atoms with Crippen molar-refractivity contribution in [2.24, 2.45) is 0 Å². The highest BCUT2D eigenvalue weighted by atomic mass is 79.9. The molecule has 0 saturated carbocycles. The highest BCUT2D eigenvalue weighted by Crippen LogP contribution is 2.24. The summed E-state index contributed by atoms with van der Waals surface area (Å²) < 4.78 is 0.933. The molecule has 5 heteroatoms. The number of anilines is 1. The van der Waals surface area contributed by atoms with Gasteiger partial charge in [-0.05, 0) is 42.8 Å². The lowest BCUT2D eigenvalue weighted by Crippen LogP contribution is -2.12. The van der Waals surface area contributed by atoms with Gasteiger partial charge in [-0.3, -0.25) is 4.79 Å². The SMILES string of the molecule is Cc1ccc(NC(=O)c2cc(Cl)ccc2Cl)cc1Br. The lowest BCUT2D eigenvalue weighted by atomic mass is 10.2. The van der Waals surface area contributed by atoms with E-state index in [4.69, 9.17) is 23.2 Å². The van der Waals surface area contributed by atoms with Gasteiger partial charge in [0.1, 0.15) is 0 Å². The van der Waals surface area contributed by atoms with E-state index in [1.807, 2.05) is 25.1 Å². The minimum atomic E-state index is -0.289. The van der Waals surface area contributed by atoms with Crippen LogP contribution in [0.25, 0.3) is 0 Å². The van der Waals surface area contributed by atoms with Gasteiger partial charge in [0.05, 0.1) is 10.6 Å². The Bertz CT molecular complexity index is 643. The largest absolute Gasteiger partial charge is 0.322 e. The molecule has 0 unspecified atom stereocenters. The summed E-state index contributed by atoms with van der Waals surface area (Å²) in [6.07, 6.45) is 0. The molecule has 0 atom stereocenters. The molecule has 2 rings (SSSR count). The monoisotopic (exact) mass is 357 g/mol. The van der Waals surface area contributed by atoms with E-state index in [-0.39, 0.29) is 5.91 Å². The lowest BCUT2D eigenvalue weighted by Gasteiger charge is -2.08. The number of benzene rings is 2. The quantitative estimate of drug-likeness (QED) is 0.773. The van der Waals surface area contributed by atoms with E-state index in [1.165, 1.54) is 0 Å². The van der Waals surface area contributed by atoms with Gasteiger partial charge in [0.2, 0.25) is 0 Å². The number of hydrogen-bond acceptors (Lipinski definition) is 1. The number of carbonyl (C=O) groups excluding carboxylic acids is 1. The first-order chi connectivity index (χ1) is 8.97. The van der Waals surface area contributed by atoms with Crippen molar-refractivity contribution < 1.29 is 4.79 Å². The third kappa shape index (κ3) is 3.50. The summed E-state index contributed by atoms with van der Waals surface area (Å²) in [5, 5.41) is 3.62. The highest BCUT2D eigenvalue weighted by Gasteiger charge is 2.11. The molecule has 2 nitrogen and oxygen atoms in total. The molecular weight excluding hydrogens is 349 g/mol. The second-order valence-corrected chi connectivity index (χ2v) is 5.74. The Hall–Kier alpha value is -1.03. The Morgan fingerprint density at radius 3 is 2.58 bits per heavy atom. The second kappa shape index (κ2) is 5.95. The van der Waals surface area contributed by atoms with Crippen molar-refractivity contribution in [1.29, 1.82) is 0 Å². The molecule has 19 heavy (non-hydrogen) atoms. The summed E-state index contributed by atoms with van der Waals surface area (Å²) >= 11 is 15.3. The molecule has 0 radical (unpaired) electrons. The summed E-state index contributed by atoms with van der Waals surface area (Å²) in [5.74, 6) is -0.289. The summed E-state index contributed by atoms with van der Waals surface area (Å²) in [6, 6.07) is 10.4. The molecule has 98 valence electrons. The molecule has 0 heterocycles. The minimum absolute atomic E-state index is 0.289. The molecule has 1 amide bonds. The molecule has 0 bridgehead atoms. The van der Waals surface area contributed by atoms with Crippen LogP contribution in [0.4, 0.5) is 5.69 Å². The van der Waals surface area contributed by atoms with Gasteiger partial charge >= 0.3 is 0 Å². The fourth-order valence-corrected chi connectivity index (χ4v) is 2.29. The third-order valence-corrected chi connectivity index (χ3v) is 4.02. The number of rotatable bonds is 2. The zero-order valence-corrected chi connectivity index (χ0v) is 13.1. The fourth-order valence-electron chi connectivity index (χ4n) is 1.54. The van der Waals surface area contributed by atoms with Gasteiger partial charge in [-0.25, -0.2) is 0 Å². The summed E-state index contributed by atoms with van der Waals surface area (Å²) in [7, 11) is 0. The Morgan fingerprint density at radius 2 is 1.89 bits per heavy atom. The molecule has 0 aliphatic carbocycles. The fraction of sp³-hybridized carbons (Fsp3) is 0.0714. The maximum Gasteiger partial charge on any atom is 0.257 e. The normalized spacial score (nSPS) is 10.3. The van der Waals surface area contributed by atoms with Crippen LogP contribution < -0.4 is 5.32 Å². The van der Waals surface area contributed by atoms with Gasteiger partial charge in [0.25, 0.3) is 5.91 Å². The van der Waals surface area contributed by atoms with Crippen LogP contribution in [0.5, 0.6) is 0 Å². The molecule has 0 aromatic heterocycles. The molecule has 0 spiro atoms. The molecule has 2 aromatic rings. The van der Waals surface area contributed by atoms with Crippen molar-refractivity contribution >= 4 is 50.7 Å². The van der Waals surface area contributed by atoms with E-state index in [9.17, 15) is 4.79 Å². The zero-order chi connectivity index (χ0) is 14.0. The number of aryl methyl sites for hydroxylation is 1. The number of halogens is 3. The third-order valence-electron chi connectivity index (χ3n) is 2.60. The van der Waals surface area contributed by atoms with Crippen molar-refractivity contribution in [1.82, 2.24) is 0 Å². The number of nitrogens with one attached hydrogen (secondary N) is 1. The van der Waals surface area contributed by atoms with Gasteiger partial charge in [-0.1, -0.05) is 45.2 Å². The first-order valence-corrected chi connectivity index (χ1v) is 7.05. The van der Waals surface area contributed by atoms with Crippen LogP contribution in [0, 0.1) is 6.92 Å². The topological polar surface area (TPSA) is 29.1 Å². The highest BCUT2D eigenvalue weighted by molar-refractivity contribution is 9.10. The van der Waals surface area contributed by atoms with E-state index in [0.717, 1.165) is 10.0 Å². The van der Waals surface area contributed by atoms with Gasteiger partial charge < -0.3 is 5.32 Å². The van der Waals surface area contributed by atoms with Crippen LogP contribution in [0.1, 0.15) is 15.9 Å². The van der Waals surface area contributed by atoms with E-state index in [1.54, 1.807) is 18.2 Å². The van der Waals surface area contributed by atoms with Crippen LogP contribution in [-0.4, -0.2) is 5.91 Å². The van der Waals surface area contributed by atoms with Gasteiger partial charge in [0, 0.05) is 15.2 Å². The van der Waals surface area contributed by atoms with Crippen LogP contribution in [0.2, 0.25) is 10.0 Å². The Kier molecular flexibility index (Phi) is 4.50. The lowest BCUT2D eigenvalue weighted by molar-refractivity contribution is 0.102. The van der Waals surface area contributed by atoms with Crippen LogP contribution in [0.15, 0.2) is 40.9 Å². The summed E-state index contributed by atoms with van der Waals surface area (Å²) in [5.41, 5.74) is 2.14. The van der Waals surface area contributed by atoms with Crippen molar-refractivity contribution in [3.63, 3.8) is 0 Å². The van der Waals surface area contributed by atoms with E-state index in [2.05, 4.69) is 21.2 Å². The predicted molar refractivity (Wildman–Crippen MR) is 83.3 cm³/mol. The maximum atomic E-state index is 12.1. The van der Waals surface area contributed by atoms with Gasteiger partial charge in [-0.2, -0.15) is 0 Å². The van der Waals surface area contributed by atoms with Crippen molar-refractivity contribution in [2.75, 3.05) is 5.32 Å². The molecule has 0 fully saturated rings. The Balaban J connectivity index is 2.25. The molecule has 0 aliphatic heterocycles. The Labute approximate surface area is 129 Å². The average Bonchev–Trinajstić information content (AvgIpc) is 2.36. The van der Waals surface area contributed by atoms with E-state index in [0.29, 0.717) is 21.3 Å². The first kappa shape index (κ1) is 14.4. The standard InChI is InChI=1S/C14H10BrCl2NO/c1-8-2-4-10(7-12(8)15)18-14(19)11-6-9(16)3-5-13(11)17/h2-7H,1H3,(H,18,19). The van der Waals surface area contributed by atoms with Crippen LogP contribution in [-0.2, 0) is 0 Å². The van der Waals surface area contributed by atoms with Crippen LogP contribution >= 0.6 is 39.1 Å². The van der Waals surface area contributed by atoms with Gasteiger partial charge in [0.15, 0.2) is 0 Å². The summed E-state index contributed by atoms with van der Waals surface area (Å²) in [6.45, 7) is 1.98. The first-order valence-electron chi connectivity index (χ1n) is 5.50. The number of amides is 1. The number of hydrogen-bond donors (Lipinski definition) is 1. The van der Waals surface area contributed by atoms with Crippen molar-refractivity contribution in [3.8, 4) is 0 Å². The van der Waals surface area contributed by atoms with Crippen molar-refractivity contribution in [3.05, 3.63) is 62.0 Å². The Morgan fingerprint density at radius 1 is 1.16 bits per heavy atom. The maximum absolute atomic E-state index is 12.1. The smallest absolute Gasteiger partial charge is 0.257 e. The predicted octanol–water partition coefficient (Wildman–Crippen LogP) is 5.32. The second-order valence-electron chi connectivity index (χ2n) is 4.04. The molecule has 0 saturated heterocycles. The molecule has 0 aliphatic rings. The van der Waals surface area contributed by atoms with E-state index < -0.39 is 0 Å². The average molecular weight is 359 g/mol. The van der Waals surface area contributed by atoms with E-state index >= 15 is 0 Å². The molecular formula is C14H10BrCl2NO. The number of carbonyl (C=O) groups is 1. The zero-order valence-electron chi connectivity index (χ0n) is 10.0. The summed E-state index contributed by atoms with van der Waals surface area (Å²) in [4.78, 5) is 12.1. The van der Waals surface area contributed by atoms with Gasteiger partial charge in [-0.15, -0.1) is 0 Å². The van der Waals surface area contributed by atoms with Crippen LogP contribution in [0.3, 0.4) is 0 Å². The molecule has 2 aromatic carbocycles. The minimum Gasteiger partial charge on any atom is -0.322 e.